The topological polar surface area (TPSA) is 81.2 Å². The van der Waals surface area contributed by atoms with E-state index in [9.17, 15) is 9.59 Å². The number of piperidine rings is 1. The van der Waals surface area contributed by atoms with E-state index in [-0.39, 0.29) is 17.3 Å². The van der Waals surface area contributed by atoms with Gasteiger partial charge in [0.05, 0.1) is 5.41 Å². The first-order valence-corrected chi connectivity index (χ1v) is 12.3. The molecule has 2 amide bonds. The van der Waals surface area contributed by atoms with Crippen molar-refractivity contribution in [1.29, 1.82) is 0 Å². The van der Waals surface area contributed by atoms with Gasteiger partial charge in [-0.3, -0.25) is 14.4 Å². The minimum Gasteiger partial charge on any atom is -0.483 e. The Hall–Kier alpha value is -1.89. The summed E-state index contributed by atoms with van der Waals surface area (Å²) in [5.74, 6) is 1.27. The van der Waals surface area contributed by atoms with Crippen molar-refractivity contribution in [2.24, 2.45) is 16.7 Å². The Balaban J connectivity index is 0.000000913. The van der Waals surface area contributed by atoms with Gasteiger partial charge in [0.15, 0.2) is 0 Å². The zero-order valence-electron chi connectivity index (χ0n) is 20.1. The van der Waals surface area contributed by atoms with Crippen molar-refractivity contribution in [2.45, 2.75) is 65.2 Å². The van der Waals surface area contributed by atoms with Crippen molar-refractivity contribution >= 4 is 18.3 Å². The maximum Gasteiger partial charge on any atom is 0.290 e. The van der Waals surface area contributed by atoms with Crippen LogP contribution in [0.1, 0.15) is 65.2 Å². The molecule has 3 heterocycles. The summed E-state index contributed by atoms with van der Waals surface area (Å²) in [5.41, 5.74) is 1.16. The van der Waals surface area contributed by atoms with E-state index in [1.807, 2.05) is 11.9 Å². The molecule has 0 aromatic carbocycles. The third kappa shape index (κ3) is 4.87. The second kappa shape index (κ2) is 10.4. The van der Waals surface area contributed by atoms with Crippen LogP contribution in [0.4, 0.5) is 0 Å². The zero-order valence-corrected chi connectivity index (χ0v) is 20.1. The lowest BCUT2D eigenvalue weighted by atomic mass is 9.60. The summed E-state index contributed by atoms with van der Waals surface area (Å²) < 4.78 is 0. The summed E-state index contributed by atoms with van der Waals surface area (Å²) in [6, 6.07) is 0. The van der Waals surface area contributed by atoms with Gasteiger partial charge >= 0.3 is 0 Å². The van der Waals surface area contributed by atoms with Crippen LogP contribution >= 0.6 is 0 Å². The molecule has 7 heteroatoms. The van der Waals surface area contributed by atoms with E-state index in [2.05, 4.69) is 29.7 Å². The first-order chi connectivity index (χ1) is 15.3. The van der Waals surface area contributed by atoms with Crippen molar-refractivity contribution in [3.63, 3.8) is 0 Å². The third-order valence-corrected chi connectivity index (χ3v) is 8.12. The average Bonchev–Trinajstić information content (AvgIpc) is 3.21. The molecule has 4 aliphatic rings. The van der Waals surface area contributed by atoms with Gasteiger partial charge in [-0.05, 0) is 50.9 Å². The Kier molecular flexibility index (Phi) is 8.01. The van der Waals surface area contributed by atoms with Crippen LogP contribution in [0.5, 0.6) is 0 Å². The standard InChI is InChI=1S/C24H39N3O2.CH2O2/c1-19(2)16-26-17-23(24(18-26)11-12-25(3)22(24)29)9-13-27(14-10-23)21(28)15-20-7-5-4-6-8-20;2-1-3/h7,19H,4-6,8-18H2,1-3H3;1H,(H,2,3). The Morgan fingerprint density at radius 3 is 2.38 bits per heavy atom. The average molecular weight is 448 g/mol. The van der Waals surface area contributed by atoms with Crippen molar-refractivity contribution < 1.29 is 19.5 Å². The smallest absolute Gasteiger partial charge is 0.290 e. The molecule has 1 unspecified atom stereocenters. The minimum atomic E-state index is -0.250. The van der Waals surface area contributed by atoms with E-state index in [4.69, 9.17) is 9.90 Å². The first-order valence-electron chi connectivity index (χ1n) is 12.3. The number of nitrogens with zero attached hydrogens (tertiary/aromatic N) is 3. The van der Waals surface area contributed by atoms with Crippen LogP contribution in [0, 0.1) is 16.7 Å². The number of amides is 2. The van der Waals surface area contributed by atoms with E-state index >= 15 is 0 Å². The third-order valence-electron chi connectivity index (χ3n) is 8.12. The fourth-order valence-corrected chi connectivity index (χ4v) is 6.59. The van der Waals surface area contributed by atoms with Gasteiger partial charge in [-0.15, -0.1) is 0 Å². The second-order valence-electron chi connectivity index (χ2n) is 10.7. The van der Waals surface area contributed by atoms with Crippen molar-refractivity contribution in [2.75, 3.05) is 46.3 Å². The highest BCUT2D eigenvalue weighted by molar-refractivity contribution is 5.86. The van der Waals surface area contributed by atoms with Crippen molar-refractivity contribution in [3.05, 3.63) is 11.6 Å². The maximum atomic E-state index is 13.3. The van der Waals surface area contributed by atoms with Gasteiger partial charge in [-0.2, -0.15) is 0 Å². The van der Waals surface area contributed by atoms with Crippen LogP contribution in [0.3, 0.4) is 0 Å². The quantitative estimate of drug-likeness (QED) is 0.529. The number of carbonyl (C=O) groups excluding carboxylic acids is 2. The molecule has 180 valence electrons. The molecule has 2 spiro atoms. The highest BCUT2D eigenvalue weighted by Gasteiger charge is 2.64. The van der Waals surface area contributed by atoms with Gasteiger partial charge in [-0.1, -0.05) is 25.5 Å². The highest BCUT2D eigenvalue weighted by atomic mass is 16.3. The Bertz CT molecular complexity index is 727. The highest BCUT2D eigenvalue weighted by Crippen LogP contribution is 2.57. The molecular formula is C25H41N3O4. The van der Waals surface area contributed by atoms with Crippen LogP contribution in [0.15, 0.2) is 11.6 Å². The van der Waals surface area contributed by atoms with Gasteiger partial charge in [-0.25, -0.2) is 0 Å². The summed E-state index contributed by atoms with van der Waals surface area (Å²) >= 11 is 0. The van der Waals surface area contributed by atoms with Gasteiger partial charge in [0.2, 0.25) is 11.8 Å². The van der Waals surface area contributed by atoms with Gasteiger partial charge < -0.3 is 19.8 Å². The lowest BCUT2D eigenvalue weighted by Crippen LogP contribution is -2.53. The monoisotopic (exact) mass is 447 g/mol. The molecule has 7 nitrogen and oxygen atoms in total. The van der Waals surface area contributed by atoms with Crippen LogP contribution in [-0.2, 0) is 14.4 Å². The minimum absolute atomic E-state index is 0.0462. The molecule has 3 aliphatic heterocycles. The number of allylic oxidation sites excluding steroid dienone is 1. The normalized spacial score (nSPS) is 27.6. The van der Waals surface area contributed by atoms with Crippen LogP contribution in [0.2, 0.25) is 0 Å². The van der Waals surface area contributed by atoms with Gasteiger partial charge in [0, 0.05) is 58.2 Å². The summed E-state index contributed by atoms with van der Waals surface area (Å²) in [6.07, 6.45) is 10.6. The fraction of sp³-hybridized carbons (Fsp3) is 0.800. The van der Waals surface area contributed by atoms with E-state index in [1.54, 1.807) is 0 Å². The molecule has 0 bridgehead atoms. The Labute approximate surface area is 192 Å². The van der Waals surface area contributed by atoms with Crippen molar-refractivity contribution in [1.82, 2.24) is 14.7 Å². The SMILES string of the molecule is CC(C)CN1CC2(CCN(C(=O)CC3=CCCCC3)CC2)C2(CCN(C)C2=O)C1.O=CO. The molecule has 1 atom stereocenters. The first kappa shape index (κ1) is 24.7. The van der Waals surface area contributed by atoms with Gasteiger partial charge in [0.1, 0.15) is 0 Å². The molecule has 0 saturated carbocycles. The second-order valence-corrected chi connectivity index (χ2v) is 10.7. The fourth-order valence-electron chi connectivity index (χ4n) is 6.59. The molecule has 1 N–H and O–H groups in total. The molecule has 3 fully saturated rings. The number of carbonyl (C=O) groups is 3. The van der Waals surface area contributed by atoms with E-state index in [0.29, 0.717) is 24.2 Å². The van der Waals surface area contributed by atoms with Crippen LogP contribution in [-0.4, -0.2) is 84.4 Å². The van der Waals surface area contributed by atoms with Crippen LogP contribution in [0.25, 0.3) is 0 Å². The molecular weight excluding hydrogens is 406 g/mol. The summed E-state index contributed by atoms with van der Waals surface area (Å²) in [6.45, 7) is 9.81. The number of rotatable bonds is 4. The lowest BCUT2D eigenvalue weighted by molar-refractivity contribution is -0.143. The van der Waals surface area contributed by atoms with Crippen molar-refractivity contribution in [3.8, 4) is 0 Å². The zero-order chi connectivity index (χ0) is 23.4. The molecule has 0 aromatic rings. The number of fused-ring (bicyclic) bond motifs is 1. The number of hydrogen-bond donors (Lipinski definition) is 1. The Morgan fingerprint density at radius 2 is 1.84 bits per heavy atom. The molecule has 4 rings (SSSR count). The van der Waals surface area contributed by atoms with E-state index < -0.39 is 0 Å². The number of carboxylic acid groups (broad SMARTS) is 1. The lowest BCUT2D eigenvalue weighted by Gasteiger charge is -2.47. The summed E-state index contributed by atoms with van der Waals surface area (Å²) in [4.78, 5) is 41.2. The number of likely N-dealkylation sites (tertiary alicyclic amines) is 3. The molecule has 0 radical (unpaired) electrons. The summed E-state index contributed by atoms with van der Waals surface area (Å²) in [7, 11) is 1.96. The van der Waals surface area contributed by atoms with Gasteiger partial charge in [0.25, 0.3) is 6.47 Å². The van der Waals surface area contributed by atoms with E-state index in [0.717, 1.165) is 71.4 Å². The van der Waals surface area contributed by atoms with Crippen LogP contribution < -0.4 is 0 Å². The predicted octanol–water partition coefficient (Wildman–Crippen LogP) is 3.01. The number of hydrogen-bond acceptors (Lipinski definition) is 4. The molecule has 1 aliphatic carbocycles. The van der Waals surface area contributed by atoms with E-state index in [1.165, 1.54) is 18.4 Å². The largest absolute Gasteiger partial charge is 0.483 e. The Morgan fingerprint density at radius 1 is 1.16 bits per heavy atom. The molecule has 3 saturated heterocycles. The summed E-state index contributed by atoms with van der Waals surface area (Å²) in [5, 5.41) is 6.89. The maximum absolute atomic E-state index is 13.3. The predicted molar refractivity (Wildman–Crippen MR) is 124 cm³/mol. The molecule has 32 heavy (non-hydrogen) atoms. The molecule has 0 aromatic heterocycles.